The molecule has 12 heteroatoms. The van der Waals surface area contributed by atoms with Crippen LogP contribution in [-0.4, -0.2) is 66.7 Å². The molecule has 0 aromatic heterocycles. The van der Waals surface area contributed by atoms with Crippen molar-refractivity contribution in [3.63, 3.8) is 0 Å². The van der Waals surface area contributed by atoms with E-state index in [1.54, 1.807) is 18.2 Å². The standard InChI is InChI=1S/C17H24N4O7S/c22-12(9-18-6-7-19-15(23)5-2-8-28-21(25)26)10-27-14-4-1-3-13-17(14)29-11-16(24)20-13/h1,3-4,12,18,22H,2,5-11H2,(H,19,23)(H,20,24). The van der Waals surface area contributed by atoms with Crippen molar-refractivity contribution in [1.29, 1.82) is 0 Å². The lowest BCUT2D eigenvalue weighted by Crippen LogP contribution is -2.37. The molecule has 1 aliphatic heterocycles. The highest BCUT2D eigenvalue weighted by Gasteiger charge is 2.19. The number of benzene rings is 1. The van der Waals surface area contributed by atoms with E-state index in [0.717, 1.165) is 4.90 Å². The first-order valence-electron chi connectivity index (χ1n) is 9.07. The average molecular weight is 428 g/mol. The third kappa shape index (κ3) is 8.54. The predicted molar refractivity (Wildman–Crippen MR) is 105 cm³/mol. The van der Waals surface area contributed by atoms with Gasteiger partial charge in [0.2, 0.25) is 11.8 Å². The number of nitrogens with zero attached hydrogens (tertiary/aromatic N) is 1. The van der Waals surface area contributed by atoms with Crippen molar-refractivity contribution in [2.75, 3.05) is 43.9 Å². The molecule has 1 aromatic carbocycles. The van der Waals surface area contributed by atoms with E-state index in [2.05, 4.69) is 20.8 Å². The quantitative estimate of drug-likeness (QED) is 0.196. The summed E-state index contributed by atoms with van der Waals surface area (Å²) in [6.45, 7) is 1.08. The van der Waals surface area contributed by atoms with Gasteiger partial charge in [-0.3, -0.25) is 9.59 Å². The molecular formula is C17H24N4O7S. The Morgan fingerprint density at radius 2 is 2.24 bits per heavy atom. The summed E-state index contributed by atoms with van der Waals surface area (Å²) in [5.41, 5.74) is 0.706. The SMILES string of the molecule is O=C(CCCO[N+](=O)[O-])NCCNCC(O)COc1cccc2c1SCC(=O)N2. The Balaban J connectivity index is 1.56. The molecule has 29 heavy (non-hydrogen) atoms. The number of aliphatic hydroxyl groups excluding tert-OH is 1. The molecule has 0 fully saturated rings. The fourth-order valence-electron chi connectivity index (χ4n) is 2.46. The maximum Gasteiger partial charge on any atom is 0.294 e. The van der Waals surface area contributed by atoms with Crippen LogP contribution in [0.4, 0.5) is 5.69 Å². The summed E-state index contributed by atoms with van der Waals surface area (Å²) < 4.78 is 5.68. The lowest BCUT2D eigenvalue weighted by molar-refractivity contribution is -0.757. The van der Waals surface area contributed by atoms with Gasteiger partial charge >= 0.3 is 0 Å². The number of amides is 2. The monoisotopic (exact) mass is 428 g/mol. The Labute approximate surface area is 171 Å². The number of rotatable bonds is 13. The number of hydrogen-bond donors (Lipinski definition) is 4. The van der Waals surface area contributed by atoms with Crippen LogP contribution < -0.4 is 20.7 Å². The van der Waals surface area contributed by atoms with Crippen molar-refractivity contribution in [3.8, 4) is 5.75 Å². The summed E-state index contributed by atoms with van der Waals surface area (Å²) in [6.07, 6.45) is -0.338. The molecule has 160 valence electrons. The van der Waals surface area contributed by atoms with Gasteiger partial charge < -0.3 is 30.6 Å². The number of thioether (sulfide) groups is 1. The third-order valence-electron chi connectivity index (χ3n) is 3.78. The molecular weight excluding hydrogens is 404 g/mol. The highest BCUT2D eigenvalue weighted by molar-refractivity contribution is 8.00. The van der Waals surface area contributed by atoms with Crippen molar-refractivity contribution >= 4 is 29.3 Å². The molecule has 0 spiro atoms. The molecule has 0 saturated carbocycles. The maximum atomic E-state index is 11.5. The van der Waals surface area contributed by atoms with Gasteiger partial charge in [-0.15, -0.1) is 21.9 Å². The number of fused-ring (bicyclic) bond motifs is 1. The minimum atomic E-state index is -0.889. The summed E-state index contributed by atoms with van der Waals surface area (Å²) in [4.78, 5) is 37.9. The minimum absolute atomic E-state index is 0.0547. The molecule has 2 amide bonds. The number of hydrogen-bond acceptors (Lipinski definition) is 9. The lowest BCUT2D eigenvalue weighted by atomic mass is 10.3. The van der Waals surface area contributed by atoms with Gasteiger partial charge in [0.1, 0.15) is 18.5 Å². The first-order valence-corrected chi connectivity index (χ1v) is 10.1. The van der Waals surface area contributed by atoms with Gasteiger partial charge in [0, 0.05) is 26.1 Å². The summed E-state index contributed by atoms with van der Waals surface area (Å²) in [5, 5.41) is 27.6. The van der Waals surface area contributed by atoms with Crippen LogP contribution in [0.25, 0.3) is 0 Å². The van der Waals surface area contributed by atoms with Crippen LogP contribution in [0.1, 0.15) is 12.8 Å². The average Bonchev–Trinajstić information content (AvgIpc) is 2.69. The molecule has 1 aliphatic rings. The van der Waals surface area contributed by atoms with Crippen molar-refractivity contribution in [3.05, 3.63) is 28.3 Å². The Hall–Kier alpha value is -2.57. The Morgan fingerprint density at radius 3 is 3.03 bits per heavy atom. The molecule has 0 radical (unpaired) electrons. The van der Waals surface area contributed by atoms with Crippen LogP contribution in [-0.2, 0) is 14.4 Å². The van der Waals surface area contributed by atoms with Gasteiger partial charge in [-0.2, -0.15) is 0 Å². The molecule has 2 rings (SSSR count). The second-order valence-corrected chi connectivity index (χ2v) is 7.13. The Kier molecular flexibility index (Phi) is 9.47. The number of nitrogens with one attached hydrogen (secondary N) is 3. The number of ether oxygens (including phenoxy) is 1. The summed E-state index contributed by atoms with van der Waals surface area (Å²) in [5.74, 6) is 0.660. The van der Waals surface area contributed by atoms with Crippen molar-refractivity contribution in [1.82, 2.24) is 10.6 Å². The maximum absolute atomic E-state index is 11.5. The molecule has 1 heterocycles. The van der Waals surface area contributed by atoms with Crippen LogP contribution >= 0.6 is 11.8 Å². The summed E-state index contributed by atoms with van der Waals surface area (Å²) in [6, 6.07) is 5.36. The number of carbonyl (C=O) groups is 2. The summed E-state index contributed by atoms with van der Waals surface area (Å²) >= 11 is 1.39. The molecule has 0 aliphatic carbocycles. The van der Waals surface area contributed by atoms with E-state index in [1.807, 2.05) is 0 Å². The van der Waals surface area contributed by atoms with Gasteiger partial charge in [0.05, 0.1) is 22.9 Å². The van der Waals surface area contributed by atoms with Gasteiger partial charge in [0.25, 0.3) is 5.09 Å². The zero-order valence-corrected chi connectivity index (χ0v) is 16.5. The highest BCUT2D eigenvalue weighted by Crippen LogP contribution is 2.38. The molecule has 1 atom stereocenters. The van der Waals surface area contributed by atoms with Crippen LogP contribution in [0.3, 0.4) is 0 Å². The second-order valence-electron chi connectivity index (χ2n) is 6.15. The van der Waals surface area contributed by atoms with Gasteiger partial charge in [-0.1, -0.05) is 6.07 Å². The van der Waals surface area contributed by atoms with E-state index in [1.165, 1.54) is 11.8 Å². The first-order chi connectivity index (χ1) is 14.0. The lowest BCUT2D eigenvalue weighted by Gasteiger charge is -2.20. The normalized spacial score (nSPS) is 13.8. The topological polar surface area (TPSA) is 152 Å². The molecule has 0 saturated heterocycles. The Morgan fingerprint density at radius 1 is 1.41 bits per heavy atom. The van der Waals surface area contributed by atoms with Crippen LogP contribution in [0.2, 0.25) is 0 Å². The van der Waals surface area contributed by atoms with E-state index in [-0.39, 0.29) is 44.4 Å². The van der Waals surface area contributed by atoms with Crippen LogP contribution in [0.15, 0.2) is 23.1 Å². The fraction of sp³-hybridized carbons (Fsp3) is 0.529. The van der Waals surface area contributed by atoms with E-state index in [9.17, 15) is 24.8 Å². The van der Waals surface area contributed by atoms with E-state index in [4.69, 9.17) is 4.74 Å². The smallest absolute Gasteiger partial charge is 0.294 e. The fourth-order valence-corrected chi connectivity index (χ4v) is 3.36. The molecule has 1 aromatic rings. The van der Waals surface area contributed by atoms with E-state index >= 15 is 0 Å². The van der Waals surface area contributed by atoms with Gasteiger partial charge in [-0.25, -0.2) is 0 Å². The molecule has 11 nitrogen and oxygen atoms in total. The third-order valence-corrected chi connectivity index (χ3v) is 4.90. The molecule has 1 unspecified atom stereocenters. The summed E-state index contributed by atoms with van der Waals surface area (Å²) in [7, 11) is 0. The largest absolute Gasteiger partial charge is 0.490 e. The van der Waals surface area contributed by atoms with Crippen molar-refractivity contribution < 1.29 is 29.4 Å². The second kappa shape index (κ2) is 12.1. The zero-order chi connectivity index (χ0) is 21.1. The van der Waals surface area contributed by atoms with E-state index in [0.29, 0.717) is 30.3 Å². The number of anilines is 1. The van der Waals surface area contributed by atoms with Crippen molar-refractivity contribution in [2.24, 2.45) is 0 Å². The number of aliphatic hydroxyl groups is 1. The van der Waals surface area contributed by atoms with Gasteiger partial charge in [-0.05, 0) is 18.6 Å². The van der Waals surface area contributed by atoms with E-state index < -0.39 is 11.2 Å². The van der Waals surface area contributed by atoms with Crippen LogP contribution in [0, 0.1) is 10.1 Å². The first kappa shape index (κ1) is 22.7. The predicted octanol–water partition coefficient (Wildman–Crippen LogP) is 0.165. The van der Waals surface area contributed by atoms with Crippen molar-refractivity contribution in [2.45, 2.75) is 23.8 Å². The number of carbonyl (C=O) groups excluding carboxylic acids is 2. The highest BCUT2D eigenvalue weighted by atomic mass is 32.2. The Bertz CT molecular complexity index is 719. The van der Waals surface area contributed by atoms with Crippen LogP contribution in [0.5, 0.6) is 5.75 Å². The molecule has 4 N–H and O–H groups in total. The zero-order valence-electron chi connectivity index (χ0n) is 15.7. The minimum Gasteiger partial charge on any atom is -0.490 e. The molecule has 0 bridgehead atoms. The van der Waals surface area contributed by atoms with Gasteiger partial charge in [0.15, 0.2) is 0 Å².